The topological polar surface area (TPSA) is 24.4 Å². The second-order valence-electron chi connectivity index (χ2n) is 2.03. The van der Waals surface area contributed by atoms with E-state index in [0.29, 0.717) is 0 Å². The molecule has 3 heteroatoms. The molecule has 0 spiro atoms. The summed E-state index contributed by atoms with van der Waals surface area (Å²) in [6.07, 6.45) is 1.73. The maximum absolute atomic E-state index is 5.69. The molecular weight excluding hydrogens is 160 g/mol. The largest absolute Gasteiger partial charge is 0.313 e. The average Bonchev–Trinajstić information content (AvgIpc) is 2.04. The molecule has 0 aliphatic heterocycles. The molecule has 11 heavy (non-hydrogen) atoms. The molecule has 0 radical (unpaired) electrons. The van der Waals surface area contributed by atoms with Crippen molar-refractivity contribution in [3.8, 4) is 0 Å². The van der Waals surface area contributed by atoms with Crippen LogP contribution in [0.5, 0.6) is 0 Å². The number of benzene rings is 1. The lowest BCUT2D eigenvalue weighted by molar-refractivity contribution is 0.908. The van der Waals surface area contributed by atoms with Gasteiger partial charge in [-0.15, -0.1) is 0 Å². The van der Waals surface area contributed by atoms with Crippen LogP contribution >= 0.6 is 11.6 Å². The summed E-state index contributed by atoms with van der Waals surface area (Å²) in [5, 5.41) is 4.60. The molecule has 1 N–H and O–H groups in total. The average molecular weight is 169 g/mol. The minimum Gasteiger partial charge on any atom is -0.313 e. The lowest BCUT2D eigenvalue weighted by atomic mass is 10.2. The van der Waals surface area contributed by atoms with E-state index < -0.39 is 0 Å². The summed E-state index contributed by atoms with van der Waals surface area (Å²) in [6.45, 7) is 0. The van der Waals surface area contributed by atoms with E-state index in [1.54, 1.807) is 13.3 Å². The van der Waals surface area contributed by atoms with Crippen molar-refractivity contribution in [2.45, 2.75) is 0 Å². The number of nitrogens with one attached hydrogen (secondary N) is 1. The first-order valence-electron chi connectivity index (χ1n) is 3.28. The third kappa shape index (κ3) is 2.60. The molecule has 0 unspecified atom stereocenters. The van der Waals surface area contributed by atoms with Crippen molar-refractivity contribution in [1.82, 2.24) is 5.43 Å². The van der Waals surface area contributed by atoms with Gasteiger partial charge in [-0.2, -0.15) is 5.10 Å². The number of hydrazone groups is 1. The highest BCUT2D eigenvalue weighted by Crippen LogP contribution is 2.07. The fourth-order valence-electron chi connectivity index (χ4n) is 0.688. The number of hydrogen-bond acceptors (Lipinski definition) is 2. The lowest BCUT2D eigenvalue weighted by Gasteiger charge is -1.91. The van der Waals surface area contributed by atoms with Crippen LogP contribution in [-0.2, 0) is 0 Å². The van der Waals surface area contributed by atoms with Crippen LogP contribution in [0.15, 0.2) is 29.4 Å². The Morgan fingerprint density at radius 2 is 2.00 bits per heavy atom. The van der Waals surface area contributed by atoms with E-state index in [0.717, 1.165) is 10.6 Å². The first kappa shape index (κ1) is 8.08. The summed E-state index contributed by atoms with van der Waals surface area (Å²) < 4.78 is 0. The first-order chi connectivity index (χ1) is 5.33. The number of rotatable bonds is 2. The Kier molecular flexibility index (Phi) is 2.93. The number of halogens is 1. The Morgan fingerprint density at radius 3 is 2.55 bits per heavy atom. The van der Waals surface area contributed by atoms with Gasteiger partial charge in [-0.1, -0.05) is 23.7 Å². The second-order valence-corrected chi connectivity index (χ2v) is 2.47. The normalized spacial score (nSPS) is 10.4. The van der Waals surface area contributed by atoms with E-state index in [-0.39, 0.29) is 0 Å². The zero-order chi connectivity index (χ0) is 8.10. The summed E-state index contributed by atoms with van der Waals surface area (Å²) in [5.41, 5.74) is 3.70. The van der Waals surface area contributed by atoms with E-state index in [9.17, 15) is 0 Å². The van der Waals surface area contributed by atoms with Crippen molar-refractivity contribution in [2.75, 3.05) is 7.05 Å². The molecule has 1 aromatic rings. The van der Waals surface area contributed by atoms with Crippen LogP contribution in [0.3, 0.4) is 0 Å². The Labute approximate surface area is 70.9 Å². The van der Waals surface area contributed by atoms with Crippen LogP contribution in [0.4, 0.5) is 0 Å². The molecule has 0 aliphatic carbocycles. The van der Waals surface area contributed by atoms with E-state index in [4.69, 9.17) is 11.6 Å². The quantitative estimate of drug-likeness (QED) is 0.530. The van der Waals surface area contributed by atoms with E-state index in [1.807, 2.05) is 24.3 Å². The molecule has 1 aromatic carbocycles. The summed E-state index contributed by atoms with van der Waals surface area (Å²) in [6, 6.07) is 7.48. The van der Waals surface area contributed by atoms with Crippen LogP contribution in [0.1, 0.15) is 5.56 Å². The standard InChI is InChI=1S/C8H9ClN2/c1-10-11-6-7-2-4-8(9)5-3-7/h2-6,10H,1H3/b11-6+. The van der Waals surface area contributed by atoms with E-state index in [1.165, 1.54) is 0 Å². The predicted octanol–water partition coefficient (Wildman–Crippen LogP) is 1.89. The number of hydrogen-bond donors (Lipinski definition) is 1. The first-order valence-corrected chi connectivity index (χ1v) is 3.66. The lowest BCUT2D eigenvalue weighted by Crippen LogP contribution is -1.94. The zero-order valence-corrected chi connectivity index (χ0v) is 6.97. The van der Waals surface area contributed by atoms with Crippen LogP contribution in [0.2, 0.25) is 5.02 Å². The molecule has 1 rings (SSSR count). The Bertz CT molecular complexity index is 241. The van der Waals surface area contributed by atoms with E-state index in [2.05, 4.69) is 10.5 Å². The predicted molar refractivity (Wildman–Crippen MR) is 48.1 cm³/mol. The Morgan fingerprint density at radius 1 is 1.36 bits per heavy atom. The van der Waals surface area contributed by atoms with Gasteiger partial charge in [0.1, 0.15) is 0 Å². The molecule has 2 nitrogen and oxygen atoms in total. The minimum absolute atomic E-state index is 0.742. The fourth-order valence-corrected chi connectivity index (χ4v) is 0.814. The van der Waals surface area contributed by atoms with Crippen molar-refractivity contribution in [3.63, 3.8) is 0 Å². The van der Waals surface area contributed by atoms with Gasteiger partial charge in [-0.3, -0.25) is 0 Å². The van der Waals surface area contributed by atoms with Crippen LogP contribution < -0.4 is 5.43 Å². The molecule has 0 aliphatic rings. The van der Waals surface area contributed by atoms with Crippen LogP contribution in [-0.4, -0.2) is 13.3 Å². The molecule has 0 aromatic heterocycles. The molecule has 0 amide bonds. The smallest absolute Gasteiger partial charge is 0.0540 e. The fraction of sp³-hybridized carbons (Fsp3) is 0.125. The van der Waals surface area contributed by atoms with Gasteiger partial charge in [0.15, 0.2) is 0 Å². The van der Waals surface area contributed by atoms with Crippen LogP contribution in [0.25, 0.3) is 0 Å². The van der Waals surface area contributed by atoms with Crippen molar-refractivity contribution >= 4 is 17.8 Å². The van der Waals surface area contributed by atoms with Gasteiger partial charge in [0.25, 0.3) is 0 Å². The molecule has 58 valence electrons. The third-order valence-electron chi connectivity index (χ3n) is 1.21. The van der Waals surface area contributed by atoms with Crippen molar-refractivity contribution in [1.29, 1.82) is 0 Å². The van der Waals surface area contributed by atoms with Gasteiger partial charge in [0, 0.05) is 12.1 Å². The monoisotopic (exact) mass is 168 g/mol. The summed E-state index contributed by atoms with van der Waals surface area (Å²) in [4.78, 5) is 0. The van der Waals surface area contributed by atoms with Crippen molar-refractivity contribution < 1.29 is 0 Å². The molecule has 0 heterocycles. The molecule has 0 bridgehead atoms. The Hall–Kier alpha value is -1.02. The zero-order valence-electron chi connectivity index (χ0n) is 6.21. The molecule has 0 fully saturated rings. The minimum atomic E-state index is 0.742. The van der Waals surface area contributed by atoms with Gasteiger partial charge in [0.2, 0.25) is 0 Å². The van der Waals surface area contributed by atoms with Gasteiger partial charge in [-0.05, 0) is 17.7 Å². The maximum atomic E-state index is 5.69. The highest BCUT2D eigenvalue weighted by Gasteiger charge is 1.86. The van der Waals surface area contributed by atoms with Gasteiger partial charge < -0.3 is 5.43 Å². The molecule has 0 saturated carbocycles. The number of nitrogens with zero attached hydrogens (tertiary/aromatic N) is 1. The molecule has 0 saturated heterocycles. The van der Waals surface area contributed by atoms with Gasteiger partial charge in [0.05, 0.1) is 6.21 Å². The van der Waals surface area contributed by atoms with Gasteiger partial charge >= 0.3 is 0 Å². The van der Waals surface area contributed by atoms with Crippen LogP contribution in [0, 0.1) is 0 Å². The molecule has 0 atom stereocenters. The SMILES string of the molecule is CN/N=C/c1ccc(Cl)cc1. The highest BCUT2D eigenvalue weighted by molar-refractivity contribution is 6.30. The highest BCUT2D eigenvalue weighted by atomic mass is 35.5. The maximum Gasteiger partial charge on any atom is 0.0540 e. The second kappa shape index (κ2) is 3.98. The summed E-state index contributed by atoms with van der Waals surface area (Å²) >= 11 is 5.69. The van der Waals surface area contributed by atoms with Crippen molar-refractivity contribution in [3.05, 3.63) is 34.9 Å². The Balaban J connectivity index is 2.73. The summed E-state index contributed by atoms with van der Waals surface area (Å²) in [5.74, 6) is 0. The molecular formula is C8H9ClN2. The van der Waals surface area contributed by atoms with Crippen molar-refractivity contribution in [2.24, 2.45) is 5.10 Å². The van der Waals surface area contributed by atoms with Gasteiger partial charge in [-0.25, -0.2) is 0 Å². The third-order valence-corrected chi connectivity index (χ3v) is 1.46. The van der Waals surface area contributed by atoms with E-state index >= 15 is 0 Å². The summed E-state index contributed by atoms with van der Waals surface area (Å²) in [7, 11) is 1.76.